The van der Waals surface area contributed by atoms with Crippen molar-refractivity contribution in [1.82, 2.24) is 9.62 Å². The summed E-state index contributed by atoms with van der Waals surface area (Å²) in [6.07, 6.45) is 2.68. The minimum absolute atomic E-state index is 0.0501. The maximum atomic E-state index is 14.4. The summed E-state index contributed by atoms with van der Waals surface area (Å²) >= 11 is 1.64. The number of methoxy groups -OCH3 is 2. The molecule has 1 N–H and O–H groups in total. The smallest absolute Gasteiger partial charge is 0.244 e. The van der Waals surface area contributed by atoms with Crippen LogP contribution in [0.15, 0.2) is 76.3 Å². The molecule has 1 aliphatic rings. The van der Waals surface area contributed by atoms with Gasteiger partial charge in [0, 0.05) is 24.9 Å². The summed E-state index contributed by atoms with van der Waals surface area (Å²) in [6.45, 7) is 0.898. The fraction of sp³-hybridized carbons (Fsp3) is 0.323. The third-order valence-corrected chi connectivity index (χ3v) is 9.91. The van der Waals surface area contributed by atoms with E-state index in [1.54, 1.807) is 41.7 Å². The number of sulfonamides is 1. The molecule has 1 amide bonds. The molecule has 1 fully saturated rings. The molecule has 3 aromatic carbocycles. The van der Waals surface area contributed by atoms with Crippen molar-refractivity contribution in [2.75, 3.05) is 27.4 Å². The predicted molar refractivity (Wildman–Crippen MR) is 160 cm³/mol. The van der Waals surface area contributed by atoms with Gasteiger partial charge in [0.25, 0.3) is 0 Å². The van der Waals surface area contributed by atoms with Gasteiger partial charge in [-0.15, -0.1) is 0 Å². The lowest BCUT2D eigenvalue weighted by Gasteiger charge is -2.30. The number of benzene rings is 3. The Morgan fingerprint density at radius 1 is 0.976 bits per heavy atom. The van der Waals surface area contributed by atoms with Crippen molar-refractivity contribution >= 4 is 38.0 Å². The third-order valence-electron chi connectivity index (χ3n) is 7.27. The Kier molecular flexibility index (Phi) is 9.12. The van der Waals surface area contributed by atoms with E-state index in [2.05, 4.69) is 16.8 Å². The molecule has 0 aliphatic carbocycles. The number of thiophene rings is 1. The molecular formula is C31H34N2O6S2. The van der Waals surface area contributed by atoms with Crippen LogP contribution in [0, 0.1) is 0 Å². The van der Waals surface area contributed by atoms with E-state index in [9.17, 15) is 13.2 Å². The van der Waals surface area contributed by atoms with Gasteiger partial charge in [0.05, 0.1) is 25.7 Å². The molecule has 0 unspecified atom stereocenters. The van der Waals surface area contributed by atoms with Gasteiger partial charge in [-0.05, 0) is 70.8 Å². The Balaban J connectivity index is 1.53. The van der Waals surface area contributed by atoms with E-state index in [0.717, 1.165) is 24.6 Å². The highest BCUT2D eigenvalue weighted by Gasteiger charge is 2.37. The van der Waals surface area contributed by atoms with Crippen LogP contribution in [0.3, 0.4) is 0 Å². The van der Waals surface area contributed by atoms with Crippen LogP contribution in [0.25, 0.3) is 10.8 Å². The number of amides is 1. The zero-order valence-corrected chi connectivity index (χ0v) is 24.8. The van der Waals surface area contributed by atoms with Crippen LogP contribution in [0.2, 0.25) is 0 Å². The lowest BCUT2D eigenvalue weighted by molar-refractivity contribution is -0.124. The lowest BCUT2D eigenvalue weighted by atomic mass is 10.1. The largest absolute Gasteiger partial charge is 0.493 e. The van der Waals surface area contributed by atoms with Crippen LogP contribution in [0.4, 0.5) is 0 Å². The molecule has 10 heteroatoms. The summed E-state index contributed by atoms with van der Waals surface area (Å²) in [5.41, 5.74) is 1.80. The van der Waals surface area contributed by atoms with Crippen LogP contribution >= 0.6 is 11.3 Å². The highest BCUT2D eigenvalue weighted by atomic mass is 32.2. The molecule has 1 saturated heterocycles. The topological polar surface area (TPSA) is 94.2 Å². The molecule has 0 radical (unpaired) electrons. The van der Waals surface area contributed by atoms with Crippen LogP contribution in [-0.4, -0.2) is 52.0 Å². The fourth-order valence-electron chi connectivity index (χ4n) is 5.16. The Hall–Kier alpha value is -3.60. The highest BCUT2D eigenvalue weighted by molar-refractivity contribution is 7.89. The third kappa shape index (κ3) is 6.34. The Morgan fingerprint density at radius 3 is 2.46 bits per heavy atom. The van der Waals surface area contributed by atoms with Crippen LogP contribution in [-0.2, 0) is 27.8 Å². The van der Waals surface area contributed by atoms with Gasteiger partial charge >= 0.3 is 0 Å². The summed E-state index contributed by atoms with van der Waals surface area (Å²) in [5.74, 6) is 1.01. The van der Waals surface area contributed by atoms with E-state index in [4.69, 9.17) is 14.2 Å². The maximum Gasteiger partial charge on any atom is 0.244 e. The number of rotatable bonds is 11. The van der Waals surface area contributed by atoms with Gasteiger partial charge in [-0.25, -0.2) is 8.42 Å². The summed E-state index contributed by atoms with van der Waals surface area (Å²) in [5, 5.41) is 8.42. The summed E-state index contributed by atoms with van der Waals surface area (Å²) in [7, 11) is -1.03. The van der Waals surface area contributed by atoms with Crippen molar-refractivity contribution in [2.45, 2.75) is 43.2 Å². The molecule has 0 bridgehead atoms. The van der Waals surface area contributed by atoms with Crippen LogP contribution < -0.4 is 19.5 Å². The minimum Gasteiger partial charge on any atom is -0.493 e. The molecule has 41 heavy (non-hydrogen) atoms. The lowest BCUT2D eigenvalue weighted by Crippen LogP contribution is -2.48. The van der Waals surface area contributed by atoms with Crippen LogP contribution in [0.1, 0.15) is 30.4 Å². The van der Waals surface area contributed by atoms with E-state index in [0.29, 0.717) is 47.8 Å². The molecule has 2 heterocycles. The second kappa shape index (κ2) is 12.9. The Labute approximate surface area is 244 Å². The molecule has 0 spiro atoms. The first-order valence-corrected chi connectivity index (χ1v) is 16.0. The van der Waals surface area contributed by atoms with E-state index >= 15 is 0 Å². The van der Waals surface area contributed by atoms with E-state index in [1.807, 2.05) is 29.6 Å². The van der Waals surface area contributed by atoms with Gasteiger partial charge in [0.1, 0.15) is 6.04 Å². The number of hydrogen-bond acceptors (Lipinski definition) is 7. The van der Waals surface area contributed by atoms with E-state index in [-0.39, 0.29) is 17.3 Å². The molecule has 0 saturated carbocycles. The number of fused-ring (bicyclic) bond motifs is 1. The zero-order chi connectivity index (χ0) is 28.8. The van der Waals surface area contributed by atoms with Crippen molar-refractivity contribution in [3.05, 3.63) is 82.6 Å². The van der Waals surface area contributed by atoms with Crippen molar-refractivity contribution in [3.8, 4) is 17.2 Å². The number of hydrogen-bond donors (Lipinski definition) is 1. The quantitative estimate of drug-likeness (QED) is 0.250. The van der Waals surface area contributed by atoms with Gasteiger partial charge in [-0.3, -0.25) is 4.79 Å². The average Bonchev–Trinajstić information content (AvgIpc) is 3.42. The molecule has 8 nitrogen and oxygen atoms in total. The number of nitrogens with one attached hydrogen (secondary N) is 1. The van der Waals surface area contributed by atoms with Gasteiger partial charge < -0.3 is 19.5 Å². The van der Waals surface area contributed by atoms with Gasteiger partial charge in [-0.2, -0.15) is 15.6 Å². The number of ether oxygens (including phenoxy) is 3. The van der Waals surface area contributed by atoms with Gasteiger partial charge in [0.2, 0.25) is 21.7 Å². The van der Waals surface area contributed by atoms with E-state index in [1.165, 1.54) is 24.1 Å². The first-order valence-electron chi connectivity index (χ1n) is 13.6. The zero-order valence-electron chi connectivity index (χ0n) is 23.2. The summed E-state index contributed by atoms with van der Waals surface area (Å²) in [4.78, 5) is 13.4. The predicted octanol–water partition coefficient (Wildman–Crippen LogP) is 5.40. The van der Waals surface area contributed by atoms with E-state index < -0.39 is 16.1 Å². The first kappa shape index (κ1) is 28.9. The summed E-state index contributed by atoms with van der Waals surface area (Å²) in [6, 6.07) is 17.3. The summed E-state index contributed by atoms with van der Waals surface area (Å²) < 4.78 is 47.5. The first-order chi connectivity index (χ1) is 19.9. The van der Waals surface area contributed by atoms with Gasteiger partial charge in [0.15, 0.2) is 11.5 Å². The monoisotopic (exact) mass is 594 g/mol. The second-order valence-corrected chi connectivity index (χ2v) is 12.5. The van der Waals surface area contributed by atoms with Crippen molar-refractivity contribution in [2.24, 2.45) is 0 Å². The maximum absolute atomic E-state index is 14.4. The number of carbonyl (C=O) groups is 1. The molecule has 1 aromatic heterocycles. The Morgan fingerprint density at radius 2 is 1.73 bits per heavy atom. The Bertz CT molecular complexity index is 1570. The SMILES string of the molecule is COc1cc(CN([C@H]2CCCCNC2=O)S(=O)(=O)c2cccc3ccccc23)cc(OC)c1OCCc1ccsc1. The normalized spacial score (nSPS) is 15.9. The molecule has 5 rings (SSSR count). The minimum atomic E-state index is -4.10. The average molecular weight is 595 g/mol. The van der Waals surface area contributed by atoms with Gasteiger partial charge in [-0.1, -0.05) is 36.4 Å². The van der Waals surface area contributed by atoms with Crippen molar-refractivity contribution < 1.29 is 27.4 Å². The molecule has 216 valence electrons. The molecule has 1 atom stereocenters. The molecular weight excluding hydrogens is 560 g/mol. The number of nitrogens with zero attached hydrogens (tertiary/aromatic N) is 1. The standard InChI is InChI=1S/C31H34N2O6S2/c1-37-27-18-23(19-28(38-2)30(27)39-16-13-22-14-17-40-21-22)20-33(26-11-5-6-15-32-31(26)34)41(35,36)29-12-7-9-24-8-3-4-10-25(24)29/h3-4,7-10,12,14,17-19,21,26H,5-6,11,13,15-16,20H2,1-2H3,(H,32,34)/t26-/m0/s1. The van der Waals surface area contributed by atoms with Crippen LogP contribution in [0.5, 0.6) is 17.2 Å². The molecule has 1 aliphatic heterocycles. The molecule has 4 aromatic rings. The second-order valence-electron chi connectivity index (χ2n) is 9.89. The van der Waals surface area contributed by atoms with Crippen molar-refractivity contribution in [3.63, 3.8) is 0 Å². The number of carbonyl (C=O) groups excluding carboxylic acids is 1. The highest BCUT2D eigenvalue weighted by Crippen LogP contribution is 2.40. The van der Waals surface area contributed by atoms with Crippen molar-refractivity contribution in [1.29, 1.82) is 0 Å². The fourth-order valence-corrected chi connectivity index (χ4v) is 7.69.